The van der Waals surface area contributed by atoms with Crippen molar-refractivity contribution < 1.29 is 26.3 Å². The van der Waals surface area contributed by atoms with E-state index in [0.717, 1.165) is 12.1 Å². The molecule has 1 heterocycles. The molecule has 1 rings (SSSR count). The summed E-state index contributed by atoms with van der Waals surface area (Å²) in [6.45, 7) is 0. The van der Waals surface area contributed by atoms with E-state index in [-0.39, 0.29) is 3.57 Å². The van der Waals surface area contributed by atoms with Crippen LogP contribution < -0.4 is 9.88 Å². The van der Waals surface area contributed by atoms with Crippen LogP contribution in [0.4, 0.5) is 13.2 Å². The first-order chi connectivity index (χ1) is 7.09. The number of aromatic nitrogens is 1. The van der Waals surface area contributed by atoms with Gasteiger partial charge in [-0.1, -0.05) is 0 Å². The molecule has 0 saturated carbocycles. The first kappa shape index (κ1) is 13.4. The fourth-order valence-electron chi connectivity index (χ4n) is 0.781. The Morgan fingerprint density at radius 1 is 1.38 bits per heavy atom. The van der Waals surface area contributed by atoms with Crippen molar-refractivity contribution in [1.29, 1.82) is 0 Å². The minimum Gasteiger partial charge on any atom is -0.388 e. The van der Waals surface area contributed by atoms with Crippen molar-refractivity contribution in [2.24, 2.45) is 5.14 Å². The van der Waals surface area contributed by atoms with Gasteiger partial charge in [0.25, 0.3) is 10.0 Å². The van der Waals surface area contributed by atoms with Crippen LogP contribution >= 0.6 is 22.6 Å². The third-order valence-electron chi connectivity index (χ3n) is 1.28. The third kappa shape index (κ3) is 3.75. The van der Waals surface area contributed by atoms with E-state index in [1.54, 1.807) is 22.6 Å². The molecule has 0 radical (unpaired) electrons. The number of rotatable bonds is 2. The number of primary sulfonamides is 1. The second-order valence-electron chi connectivity index (χ2n) is 2.53. The maximum atomic E-state index is 11.8. The maximum Gasteiger partial charge on any atom is 0.574 e. The minimum atomic E-state index is -4.94. The standard InChI is InChI=1S/C6H4F3IN2O3S/c7-6(8,9)15-4-2-1-3(10)5(12-4)16(11,13)14/h1-2H,(H2,11,13,14). The van der Waals surface area contributed by atoms with Crippen molar-refractivity contribution in [3.63, 3.8) is 0 Å². The first-order valence-electron chi connectivity index (χ1n) is 3.55. The molecule has 90 valence electrons. The van der Waals surface area contributed by atoms with Crippen LogP contribution in [0.25, 0.3) is 0 Å². The molecule has 10 heteroatoms. The van der Waals surface area contributed by atoms with Gasteiger partial charge >= 0.3 is 6.36 Å². The largest absolute Gasteiger partial charge is 0.574 e. The highest BCUT2D eigenvalue weighted by Gasteiger charge is 2.32. The fourth-order valence-corrected chi connectivity index (χ4v) is 2.56. The Kier molecular flexibility index (Phi) is 3.64. The molecule has 0 bridgehead atoms. The summed E-state index contributed by atoms with van der Waals surface area (Å²) in [4.78, 5) is 3.17. The molecule has 2 N–H and O–H groups in total. The zero-order chi connectivity index (χ0) is 12.6. The number of hydrogen-bond acceptors (Lipinski definition) is 4. The van der Waals surface area contributed by atoms with E-state index in [0.29, 0.717) is 0 Å². The molecule has 0 aromatic carbocycles. The van der Waals surface area contributed by atoms with Gasteiger partial charge in [0.1, 0.15) is 0 Å². The monoisotopic (exact) mass is 368 g/mol. The number of nitrogens with zero attached hydrogens (tertiary/aromatic N) is 1. The van der Waals surface area contributed by atoms with Crippen LogP contribution in [0.5, 0.6) is 5.88 Å². The summed E-state index contributed by atoms with van der Waals surface area (Å²) >= 11 is 1.58. The summed E-state index contributed by atoms with van der Waals surface area (Å²) in [6, 6.07) is 2.00. The molecule has 1 aromatic rings. The smallest absolute Gasteiger partial charge is 0.388 e. The van der Waals surface area contributed by atoms with Gasteiger partial charge in [-0.15, -0.1) is 13.2 Å². The van der Waals surface area contributed by atoms with Gasteiger partial charge in [-0.05, 0) is 28.7 Å². The van der Waals surface area contributed by atoms with E-state index in [4.69, 9.17) is 5.14 Å². The lowest BCUT2D eigenvalue weighted by Crippen LogP contribution is -2.20. The minimum absolute atomic E-state index is 0.106. The van der Waals surface area contributed by atoms with E-state index in [1.165, 1.54) is 0 Å². The van der Waals surface area contributed by atoms with Gasteiger partial charge in [-0.25, -0.2) is 13.6 Å². The van der Waals surface area contributed by atoms with Gasteiger partial charge < -0.3 is 4.74 Å². The molecule has 0 aliphatic rings. The maximum absolute atomic E-state index is 11.8. The second kappa shape index (κ2) is 4.33. The Labute approximate surface area is 102 Å². The number of nitrogens with two attached hydrogens (primary N) is 1. The summed E-state index contributed by atoms with van der Waals surface area (Å²) in [6.07, 6.45) is -4.94. The van der Waals surface area contributed by atoms with Crippen LogP contribution in [0.15, 0.2) is 17.2 Å². The van der Waals surface area contributed by atoms with Crippen LogP contribution in [-0.4, -0.2) is 19.8 Å². The Morgan fingerprint density at radius 2 is 1.94 bits per heavy atom. The van der Waals surface area contributed by atoms with Crippen LogP contribution in [-0.2, 0) is 10.0 Å². The molecule has 0 amide bonds. The summed E-state index contributed by atoms with van der Waals surface area (Å²) in [5.74, 6) is -0.878. The molecule has 0 unspecified atom stereocenters. The van der Waals surface area contributed by atoms with Crippen molar-refractivity contribution in [2.75, 3.05) is 0 Å². The van der Waals surface area contributed by atoms with Crippen molar-refractivity contribution >= 4 is 32.6 Å². The first-order valence-corrected chi connectivity index (χ1v) is 6.17. The lowest BCUT2D eigenvalue weighted by atomic mass is 10.5. The van der Waals surface area contributed by atoms with Crippen molar-refractivity contribution in [3.8, 4) is 5.88 Å². The zero-order valence-corrected chi connectivity index (χ0v) is 10.3. The van der Waals surface area contributed by atoms with Crippen LogP contribution in [0.2, 0.25) is 0 Å². The highest BCUT2D eigenvalue weighted by molar-refractivity contribution is 14.1. The number of halogens is 4. The molecular formula is C6H4F3IN2O3S. The van der Waals surface area contributed by atoms with Crippen molar-refractivity contribution in [3.05, 3.63) is 15.7 Å². The van der Waals surface area contributed by atoms with E-state index >= 15 is 0 Å². The molecule has 16 heavy (non-hydrogen) atoms. The van der Waals surface area contributed by atoms with Crippen LogP contribution in [0.1, 0.15) is 0 Å². The normalized spacial score (nSPS) is 12.6. The van der Waals surface area contributed by atoms with E-state index < -0.39 is 27.3 Å². The number of ether oxygens (including phenoxy) is 1. The fraction of sp³-hybridized carbons (Fsp3) is 0.167. The van der Waals surface area contributed by atoms with Gasteiger partial charge in [0, 0.05) is 6.07 Å². The SMILES string of the molecule is NS(=O)(=O)c1nc(OC(F)(F)F)ccc1I. The Hall–Kier alpha value is -0.620. The predicted octanol–water partition coefficient (Wildman–Crippen LogP) is 1.23. The van der Waals surface area contributed by atoms with Gasteiger partial charge in [-0.2, -0.15) is 4.98 Å². The summed E-state index contributed by atoms with van der Waals surface area (Å²) < 4.78 is 60.9. The lowest BCUT2D eigenvalue weighted by molar-refractivity contribution is -0.276. The number of pyridine rings is 1. The van der Waals surface area contributed by atoms with E-state index in [2.05, 4.69) is 9.72 Å². The summed E-state index contributed by atoms with van der Waals surface area (Å²) in [5.41, 5.74) is 0. The van der Waals surface area contributed by atoms with Gasteiger partial charge in [-0.3, -0.25) is 0 Å². The average molecular weight is 368 g/mol. The van der Waals surface area contributed by atoms with Crippen molar-refractivity contribution in [2.45, 2.75) is 11.4 Å². The third-order valence-corrected chi connectivity index (χ3v) is 3.36. The van der Waals surface area contributed by atoms with E-state index in [9.17, 15) is 21.6 Å². The Balaban J connectivity index is 3.19. The number of hydrogen-bond donors (Lipinski definition) is 1. The average Bonchev–Trinajstić information content (AvgIpc) is 2.04. The highest BCUT2D eigenvalue weighted by Crippen LogP contribution is 2.24. The molecule has 1 aromatic heterocycles. The van der Waals surface area contributed by atoms with Gasteiger partial charge in [0.15, 0.2) is 5.03 Å². The van der Waals surface area contributed by atoms with Gasteiger partial charge in [0.05, 0.1) is 3.57 Å². The topological polar surface area (TPSA) is 82.3 Å². The molecule has 0 saturated heterocycles. The van der Waals surface area contributed by atoms with Gasteiger partial charge in [0.2, 0.25) is 5.88 Å². The lowest BCUT2D eigenvalue weighted by Gasteiger charge is -2.09. The Bertz CT molecular complexity index is 502. The summed E-state index contributed by atoms with van der Waals surface area (Å²) in [5, 5.41) is 4.10. The summed E-state index contributed by atoms with van der Waals surface area (Å²) in [7, 11) is -4.18. The molecule has 0 spiro atoms. The predicted molar refractivity (Wildman–Crippen MR) is 55.0 cm³/mol. The highest BCUT2D eigenvalue weighted by atomic mass is 127. The Morgan fingerprint density at radius 3 is 2.38 bits per heavy atom. The van der Waals surface area contributed by atoms with Crippen LogP contribution in [0.3, 0.4) is 0 Å². The molecule has 0 atom stereocenters. The molecule has 0 aliphatic carbocycles. The van der Waals surface area contributed by atoms with Crippen LogP contribution in [0, 0.1) is 3.57 Å². The molecule has 0 aliphatic heterocycles. The number of sulfonamides is 1. The zero-order valence-electron chi connectivity index (χ0n) is 7.32. The second-order valence-corrected chi connectivity index (χ2v) is 5.17. The molecular weight excluding hydrogens is 364 g/mol. The quantitative estimate of drug-likeness (QED) is 0.797. The van der Waals surface area contributed by atoms with E-state index in [1.807, 2.05) is 0 Å². The number of alkyl halides is 3. The molecule has 5 nitrogen and oxygen atoms in total. The van der Waals surface area contributed by atoms with Crippen molar-refractivity contribution in [1.82, 2.24) is 4.98 Å². The molecule has 0 fully saturated rings.